The minimum atomic E-state index is -4.86. The van der Waals surface area contributed by atoms with Crippen LogP contribution in [0, 0.1) is 0 Å². The number of hydrogen-bond donors (Lipinski definition) is 5. The molecule has 0 radical (unpaired) electrons. The molecule has 1 amide bonds. The van der Waals surface area contributed by atoms with E-state index in [0.29, 0.717) is 11.2 Å². The van der Waals surface area contributed by atoms with E-state index in [9.17, 15) is 29.4 Å². The average molecular weight is 563 g/mol. The molecular weight excluding hydrogens is 531 g/mol. The van der Waals surface area contributed by atoms with E-state index in [2.05, 4.69) is 20.4 Å². The van der Waals surface area contributed by atoms with Crippen LogP contribution in [0.15, 0.2) is 6.20 Å². The van der Waals surface area contributed by atoms with Crippen molar-refractivity contribution in [3.05, 3.63) is 11.5 Å². The van der Waals surface area contributed by atoms with Crippen LogP contribution in [0.5, 0.6) is 0 Å². The number of anilines is 1. The molecule has 2 aromatic heterocycles. The maximum Gasteiger partial charge on any atom is 0.358 e. The van der Waals surface area contributed by atoms with Crippen molar-refractivity contribution in [1.82, 2.24) is 24.6 Å². The number of likely N-dealkylation sites (N-methyl/N-ethyl adjacent to an activating group) is 1. The lowest BCUT2D eigenvalue weighted by Gasteiger charge is -2.34. The summed E-state index contributed by atoms with van der Waals surface area (Å²) in [5.74, 6) is 0.0944. The number of aromatic nitrogens is 4. The summed E-state index contributed by atoms with van der Waals surface area (Å²) in [5, 5.41) is 27.5. The largest absolute Gasteiger partial charge is 0.387 e. The van der Waals surface area contributed by atoms with Crippen LogP contribution in [0.2, 0.25) is 5.28 Å². The molecule has 0 spiro atoms. The van der Waals surface area contributed by atoms with Crippen molar-refractivity contribution in [3.63, 3.8) is 0 Å². The standard InChI is InChI=1S/C21H32ClN6O8P/c1-11(29)27(3)10-21(2,37(32,33)34)35-9-14-15(30)16(31)19(36-14)28-18-13(8-23-28)17(25-20(22)26-18)24-12-6-4-5-7-12/h8,12,14-16,19,30-31H,4-7,9-10H2,1-3H3,(H,24,25,26)(H2,32,33,34)/t14-,15-,16-,19-,21?/m1/s1. The summed E-state index contributed by atoms with van der Waals surface area (Å²) >= 11 is 6.17. The minimum Gasteiger partial charge on any atom is -0.387 e. The molecular formula is C21H32ClN6O8P. The van der Waals surface area contributed by atoms with Crippen molar-refractivity contribution < 1.29 is 38.8 Å². The summed E-state index contributed by atoms with van der Waals surface area (Å²) in [7, 11) is -3.48. The molecule has 1 aliphatic carbocycles. The van der Waals surface area contributed by atoms with Crippen LogP contribution in [0.25, 0.3) is 11.0 Å². The second kappa shape index (κ2) is 10.7. The van der Waals surface area contributed by atoms with E-state index in [0.717, 1.165) is 30.6 Å². The number of ether oxygens (including phenoxy) is 2. The van der Waals surface area contributed by atoms with Gasteiger partial charge in [0.1, 0.15) is 24.1 Å². The van der Waals surface area contributed by atoms with Crippen LogP contribution in [0.3, 0.4) is 0 Å². The number of nitrogens with zero attached hydrogens (tertiary/aromatic N) is 5. The van der Waals surface area contributed by atoms with Crippen LogP contribution in [-0.2, 0) is 18.8 Å². The van der Waals surface area contributed by atoms with Gasteiger partial charge < -0.3 is 39.7 Å². The van der Waals surface area contributed by atoms with E-state index in [-0.39, 0.29) is 17.0 Å². The first-order chi connectivity index (χ1) is 17.3. The Morgan fingerprint density at radius 2 is 2.00 bits per heavy atom. The predicted molar refractivity (Wildman–Crippen MR) is 132 cm³/mol. The lowest BCUT2D eigenvalue weighted by molar-refractivity contribution is -0.132. The number of rotatable bonds is 9. The van der Waals surface area contributed by atoms with Gasteiger partial charge in [-0.15, -0.1) is 0 Å². The van der Waals surface area contributed by atoms with Gasteiger partial charge in [0, 0.05) is 20.0 Å². The Hall–Kier alpha value is -1.90. The van der Waals surface area contributed by atoms with E-state index in [4.69, 9.17) is 21.1 Å². The van der Waals surface area contributed by atoms with E-state index >= 15 is 0 Å². The molecule has 1 saturated heterocycles. The van der Waals surface area contributed by atoms with E-state index in [1.165, 1.54) is 31.8 Å². The highest BCUT2D eigenvalue weighted by Gasteiger charge is 2.49. The van der Waals surface area contributed by atoms with E-state index in [1.54, 1.807) is 0 Å². The second-order valence-electron chi connectivity index (χ2n) is 9.74. The van der Waals surface area contributed by atoms with Crippen molar-refractivity contribution in [3.8, 4) is 0 Å². The van der Waals surface area contributed by atoms with Gasteiger partial charge in [0.25, 0.3) is 0 Å². The Morgan fingerprint density at radius 1 is 1.32 bits per heavy atom. The van der Waals surface area contributed by atoms with Gasteiger partial charge in [-0.1, -0.05) is 12.8 Å². The Labute approximate surface area is 218 Å². The maximum atomic E-state index is 12.2. The Kier molecular flexibility index (Phi) is 8.13. The molecule has 14 nitrogen and oxygen atoms in total. The minimum absolute atomic E-state index is 0.0327. The summed E-state index contributed by atoms with van der Waals surface area (Å²) in [6.45, 7) is 1.54. The number of hydrogen-bond acceptors (Lipinski definition) is 10. The molecule has 0 bridgehead atoms. The highest BCUT2D eigenvalue weighted by molar-refractivity contribution is 7.53. The predicted octanol–water partition coefficient (Wildman–Crippen LogP) is 0.842. The van der Waals surface area contributed by atoms with Gasteiger partial charge in [0.2, 0.25) is 11.2 Å². The van der Waals surface area contributed by atoms with E-state index < -0.39 is 56.5 Å². The average Bonchev–Trinajstić information content (AvgIpc) is 3.53. The second-order valence-corrected chi connectivity index (χ2v) is 12.1. The van der Waals surface area contributed by atoms with Crippen molar-refractivity contribution >= 4 is 42.0 Å². The molecule has 3 heterocycles. The molecule has 1 saturated carbocycles. The molecule has 2 fully saturated rings. The highest BCUT2D eigenvalue weighted by atomic mass is 35.5. The number of carbonyl (C=O) groups is 1. The zero-order chi connectivity index (χ0) is 27.1. The molecule has 5 N–H and O–H groups in total. The number of halogens is 1. The monoisotopic (exact) mass is 562 g/mol. The fourth-order valence-corrected chi connectivity index (χ4v) is 5.37. The van der Waals surface area contributed by atoms with E-state index in [1.807, 2.05) is 0 Å². The summed E-state index contributed by atoms with van der Waals surface area (Å²) in [6.07, 6.45) is 0.479. The summed E-state index contributed by atoms with van der Waals surface area (Å²) in [5.41, 5.74) is 0.279. The molecule has 1 unspecified atom stereocenters. The summed E-state index contributed by atoms with van der Waals surface area (Å²) in [4.78, 5) is 41.0. The topological polar surface area (TPSA) is 192 Å². The van der Waals surface area contributed by atoms with Crippen molar-refractivity contribution in [1.29, 1.82) is 0 Å². The number of fused-ring (bicyclic) bond motifs is 1. The first-order valence-corrected chi connectivity index (χ1v) is 13.9. The molecule has 2 aromatic rings. The Morgan fingerprint density at radius 3 is 2.62 bits per heavy atom. The highest BCUT2D eigenvalue weighted by Crippen LogP contribution is 2.51. The number of amides is 1. The van der Waals surface area contributed by atoms with Crippen LogP contribution in [-0.4, -0.2) is 100 Å². The summed E-state index contributed by atoms with van der Waals surface area (Å²) in [6, 6.07) is 0.250. The van der Waals surface area contributed by atoms with Crippen LogP contribution in [0.1, 0.15) is 45.8 Å². The van der Waals surface area contributed by atoms with Crippen LogP contribution >= 0.6 is 19.2 Å². The fourth-order valence-electron chi connectivity index (χ4n) is 4.56. The maximum absolute atomic E-state index is 12.2. The smallest absolute Gasteiger partial charge is 0.358 e. The lowest BCUT2D eigenvalue weighted by atomic mass is 10.1. The zero-order valence-corrected chi connectivity index (χ0v) is 22.3. The molecule has 1 aliphatic heterocycles. The number of aliphatic hydroxyl groups is 2. The number of carbonyl (C=O) groups excluding carboxylic acids is 1. The Bertz CT molecular complexity index is 1190. The van der Waals surface area contributed by atoms with Crippen LogP contribution < -0.4 is 5.32 Å². The third-order valence-electron chi connectivity index (χ3n) is 6.94. The van der Waals surface area contributed by atoms with Crippen LogP contribution in [0.4, 0.5) is 5.82 Å². The van der Waals surface area contributed by atoms with Gasteiger partial charge in [0.15, 0.2) is 17.2 Å². The van der Waals surface area contributed by atoms with Gasteiger partial charge >= 0.3 is 7.60 Å². The normalized spacial score (nSPS) is 26.5. The molecule has 0 aromatic carbocycles. The zero-order valence-electron chi connectivity index (χ0n) is 20.7. The first-order valence-electron chi connectivity index (χ1n) is 11.9. The van der Waals surface area contributed by atoms with Crippen molar-refractivity contribution in [2.45, 2.75) is 75.5 Å². The van der Waals surface area contributed by atoms with Crippen molar-refractivity contribution in [2.75, 3.05) is 25.5 Å². The Balaban J connectivity index is 1.54. The van der Waals surface area contributed by atoms with Gasteiger partial charge in [-0.3, -0.25) is 9.36 Å². The quantitative estimate of drug-likeness (QED) is 0.214. The van der Waals surface area contributed by atoms with Gasteiger partial charge in [-0.05, 0) is 31.4 Å². The molecule has 206 valence electrons. The number of nitrogens with one attached hydrogen (secondary N) is 1. The third-order valence-corrected chi connectivity index (χ3v) is 8.62. The molecule has 37 heavy (non-hydrogen) atoms. The molecule has 5 atom stereocenters. The SMILES string of the molecule is CC(=O)N(C)CC(C)(OC[C@H]1O[C@@H](n2ncc3c(NC4CCCC4)nc(Cl)nc32)[C@H](O)[C@@H]1O)P(=O)(O)O. The third kappa shape index (κ3) is 5.76. The van der Waals surface area contributed by atoms with Crippen molar-refractivity contribution in [2.24, 2.45) is 0 Å². The van der Waals surface area contributed by atoms with Gasteiger partial charge in [-0.2, -0.15) is 15.1 Å². The number of aliphatic hydroxyl groups excluding tert-OH is 2. The molecule has 16 heteroatoms. The molecule has 4 rings (SSSR count). The summed E-state index contributed by atoms with van der Waals surface area (Å²) < 4.78 is 24.8. The molecule has 2 aliphatic rings. The lowest BCUT2D eigenvalue weighted by Crippen LogP contribution is -2.45. The van der Waals surface area contributed by atoms with Gasteiger partial charge in [0.05, 0.1) is 24.7 Å². The first kappa shape index (κ1) is 28.1. The fraction of sp³-hybridized carbons (Fsp3) is 0.714. The van der Waals surface area contributed by atoms with Gasteiger partial charge in [-0.25, -0.2) is 4.68 Å².